The van der Waals surface area contributed by atoms with Crippen molar-refractivity contribution in [1.82, 2.24) is 4.90 Å². The summed E-state index contributed by atoms with van der Waals surface area (Å²) in [4.78, 5) is 23.9. The molecule has 1 amide bonds. The highest BCUT2D eigenvalue weighted by molar-refractivity contribution is 5.83. The number of carbonyl (C=O) groups is 2. The first kappa shape index (κ1) is 11.4. The molecule has 1 aromatic rings. The van der Waals surface area contributed by atoms with E-state index in [0.29, 0.717) is 0 Å². The van der Waals surface area contributed by atoms with Crippen molar-refractivity contribution in [1.29, 1.82) is 0 Å². The molecule has 2 rings (SSSR count). The molecule has 1 fully saturated rings. The van der Waals surface area contributed by atoms with Gasteiger partial charge in [-0.1, -0.05) is 30.3 Å². The number of ether oxygens (including phenoxy) is 1. The number of nitrogens with zero attached hydrogens (tertiary/aromatic N) is 1. The SMILES string of the molecule is C[C@H]1OC(=O)N(Cc2ccccc2)[C@@H]1C(=O)O. The maximum Gasteiger partial charge on any atom is 0.411 e. The molecule has 1 heterocycles. The minimum absolute atomic E-state index is 0.251. The molecule has 0 saturated carbocycles. The summed E-state index contributed by atoms with van der Waals surface area (Å²) in [5.74, 6) is -1.04. The van der Waals surface area contributed by atoms with Crippen molar-refractivity contribution in [2.45, 2.75) is 25.6 Å². The van der Waals surface area contributed by atoms with E-state index in [1.807, 2.05) is 30.3 Å². The van der Waals surface area contributed by atoms with Crippen molar-refractivity contribution in [3.8, 4) is 0 Å². The maximum absolute atomic E-state index is 11.5. The third kappa shape index (κ3) is 2.22. The highest BCUT2D eigenvalue weighted by atomic mass is 16.6. The first-order chi connectivity index (χ1) is 8.09. The fourth-order valence-electron chi connectivity index (χ4n) is 1.94. The molecule has 0 aliphatic carbocycles. The van der Waals surface area contributed by atoms with Crippen LogP contribution in [0.2, 0.25) is 0 Å². The topological polar surface area (TPSA) is 66.8 Å². The lowest BCUT2D eigenvalue weighted by molar-refractivity contribution is -0.142. The molecule has 0 bridgehead atoms. The van der Waals surface area contributed by atoms with Gasteiger partial charge in [0.25, 0.3) is 0 Å². The van der Waals surface area contributed by atoms with Crippen LogP contribution in [-0.4, -0.2) is 34.2 Å². The molecule has 2 atom stereocenters. The lowest BCUT2D eigenvalue weighted by atomic mass is 10.1. The standard InChI is InChI=1S/C12H13NO4/c1-8-10(11(14)15)13(12(16)17-8)7-9-5-3-2-4-6-9/h2-6,8,10H,7H2,1H3,(H,14,15)/t8-,10+/m1/s1. The van der Waals surface area contributed by atoms with E-state index in [0.717, 1.165) is 5.56 Å². The zero-order valence-corrected chi connectivity index (χ0v) is 9.37. The number of cyclic esters (lactones) is 1. The summed E-state index contributed by atoms with van der Waals surface area (Å²) in [6, 6.07) is 8.32. The van der Waals surface area contributed by atoms with E-state index in [1.165, 1.54) is 4.90 Å². The quantitative estimate of drug-likeness (QED) is 0.861. The van der Waals surface area contributed by atoms with Gasteiger partial charge in [-0.05, 0) is 12.5 Å². The maximum atomic E-state index is 11.5. The highest BCUT2D eigenvalue weighted by Crippen LogP contribution is 2.22. The third-order valence-electron chi connectivity index (χ3n) is 2.75. The van der Waals surface area contributed by atoms with E-state index >= 15 is 0 Å². The predicted molar refractivity (Wildman–Crippen MR) is 59.4 cm³/mol. The Morgan fingerprint density at radius 3 is 2.65 bits per heavy atom. The molecule has 1 aliphatic heterocycles. The smallest absolute Gasteiger partial charge is 0.411 e. The third-order valence-corrected chi connectivity index (χ3v) is 2.75. The van der Waals surface area contributed by atoms with Crippen LogP contribution in [0.5, 0.6) is 0 Å². The summed E-state index contributed by atoms with van der Waals surface area (Å²) in [6.45, 7) is 1.84. The lowest BCUT2D eigenvalue weighted by Crippen LogP contribution is -2.41. The van der Waals surface area contributed by atoms with E-state index in [-0.39, 0.29) is 6.54 Å². The second kappa shape index (κ2) is 4.45. The minimum Gasteiger partial charge on any atom is -0.480 e. The Morgan fingerprint density at radius 2 is 2.06 bits per heavy atom. The van der Waals surface area contributed by atoms with Crippen LogP contribution < -0.4 is 0 Å². The lowest BCUT2D eigenvalue weighted by Gasteiger charge is -2.19. The molecule has 1 aliphatic rings. The van der Waals surface area contributed by atoms with Crippen LogP contribution in [0.1, 0.15) is 12.5 Å². The fraction of sp³-hybridized carbons (Fsp3) is 0.333. The van der Waals surface area contributed by atoms with Gasteiger partial charge in [-0.15, -0.1) is 0 Å². The highest BCUT2D eigenvalue weighted by Gasteiger charge is 2.43. The summed E-state index contributed by atoms with van der Waals surface area (Å²) in [5.41, 5.74) is 0.879. The number of carbonyl (C=O) groups excluding carboxylic acids is 1. The zero-order chi connectivity index (χ0) is 12.4. The van der Waals surface area contributed by atoms with Gasteiger partial charge in [-0.3, -0.25) is 4.90 Å². The summed E-state index contributed by atoms with van der Waals surface area (Å²) in [7, 11) is 0. The molecule has 0 radical (unpaired) electrons. The van der Waals surface area contributed by atoms with Crippen LogP contribution in [0.4, 0.5) is 4.79 Å². The van der Waals surface area contributed by atoms with Crippen molar-refractivity contribution >= 4 is 12.1 Å². The van der Waals surface area contributed by atoms with Gasteiger partial charge in [0, 0.05) is 0 Å². The van der Waals surface area contributed by atoms with Gasteiger partial charge in [-0.2, -0.15) is 0 Å². The van der Waals surface area contributed by atoms with Crippen LogP contribution in [0.3, 0.4) is 0 Å². The van der Waals surface area contributed by atoms with Crippen molar-refractivity contribution in [2.75, 3.05) is 0 Å². The summed E-state index contributed by atoms with van der Waals surface area (Å²) in [5, 5.41) is 9.08. The summed E-state index contributed by atoms with van der Waals surface area (Å²) in [6.07, 6.45) is -1.20. The molecule has 0 spiro atoms. The monoisotopic (exact) mass is 235 g/mol. The normalized spacial score (nSPS) is 23.6. The number of carboxylic acids is 1. The van der Waals surface area contributed by atoms with Gasteiger partial charge < -0.3 is 9.84 Å². The van der Waals surface area contributed by atoms with E-state index in [9.17, 15) is 9.59 Å². The number of rotatable bonds is 3. The number of hydrogen-bond acceptors (Lipinski definition) is 3. The van der Waals surface area contributed by atoms with Crippen molar-refractivity contribution in [3.63, 3.8) is 0 Å². The first-order valence-corrected chi connectivity index (χ1v) is 5.33. The first-order valence-electron chi connectivity index (χ1n) is 5.33. The molecule has 5 nitrogen and oxygen atoms in total. The Morgan fingerprint density at radius 1 is 1.41 bits per heavy atom. The molecule has 0 aromatic heterocycles. The Bertz CT molecular complexity index is 431. The predicted octanol–water partition coefficient (Wildman–Crippen LogP) is 1.48. The van der Waals surface area contributed by atoms with Crippen LogP contribution >= 0.6 is 0 Å². The average molecular weight is 235 g/mol. The van der Waals surface area contributed by atoms with E-state index < -0.39 is 24.2 Å². The van der Waals surface area contributed by atoms with Gasteiger partial charge in [0.15, 0.2) is 6.04 Å². The van der Waals surface area contributed by atoms with Crippen LogP contribution in [0, 0.1) is 0 Å². The van der Waals surface area contributed by atoms with Gasteiger partial charge in [0.2, 0.25) is 0 Å². The number of hydrogen-bond donors (Lipinski definition) is 1. The fourth-order valence-corrected chi connectivity index (χ4v) is 1.94. The van der Waals surface area contributed by atoms with E-state index in [4.69, 9.17) is 9.84 Å². The van der Waals surface area contributed by atoms with Crippen molar-refractivity contribution in [2.24, 2.45) is 0 Å². The number of carboxylic acid groups (broad SMARTS) is 1. The second-order valence-corrected chi connectivity index (χ2v) is 3.99. The van der Waals surface area contributed by atoms with Crippen LogP contribution in [0.15, 0.2) is 30.3 Å². The number of aliphatic carboxylic acids is 1. The molecular formula is C12H13NO4. The van der Waals surface area contributed by atoms with Crippen LogP contribution in [-0.2, 0) is 16.1 Å². The van der Waals surface area contributed by atoms with E-state index in [1.54, 1.807) is 6.92 Å². The summed E-state index contributed by atoms with van der Waals surface area (Å²) >= 11 is 0. The molecular weight excluding hydrogens is 222 g/mol. The largest absolute Gasteiger partial charge is 0.480 e. The molecule has 1 aromatic carbocycles. The molecule has 1 N–H and O–H groups in total. The zero-order valence-electron chi connectivity index (χ0n) is 9.37. The van der Waals surface area contributed by atoms with Gasteiger partial charge >= 0.3 is 12.1 Å². The second-order valence-electron chi connectivity index (χ2n) is 3.99. The van der Waals surface area contributed by atoms with Gasteiger partial charge in [0.1, 0.15) is 6.10 Å². The Hall–Kier alpha value is -2.04. The Balaban J connectivity index is 2.18. The van der Waals surface area contributed by atoms with Crippen LogP contribution in [0.25, 0.3) is 0 Å². The molecule has 5 heteroatoms. The molecule has 1 saturated heterocycles. The Labute approximate surface area is 98.6 Å². The molecule has 17 heavy (non-hydrogen) atoms. The summed E-state index contributed by atoms with van der Waals surface area (Å²) < 4.78 is 4.93. The molecule has 0 unspecified atom stereocenters. The van der Waals surface area contributed by atoms with Gasteiger partial charge in [0.05, 0.1) is 6.54 Å². The minimum atomic E-state index is -1.04. The molecule has 90 valence electrons. The van der Waals surface area contributed by atoms with Crippen molar-refractivity contribution in [3.05, 3.63) is 35.9 Å². The number of amides is 1. The van der Waals surface area contributed by atoms with E-state index in [2.05, 4.69) is 0 Å². The van der Waals surface area contributed by atoms with Crippen molar-refractivity contribution < 1.29 is 19.4 Å². The number of benzene rings is 1. The Kier molecular flexibility index (Phi) is 2.99. The average Bonchev–Trinajstić information content (AvgIpc) is 2.55. The van der Waals surface area contributed by atoms with Gasteiger partial charge in [-0.25, -0.2) is 9.59 Å².